The Hall–Kier alpha value is -1.47. The highest BCUT2D eigenvalue weighted by atomic mass is 19.1. The van der Waals surface area contributed by atoms with Gasteiger partial charge in [-0.3, -0.25) is 0 Å². The van der Waals surface area contributed by atoms with Crippen molar-refractivity contribution in [2.45, 2.75) is 44.3 Å². The standard InChI is InChI=1S/C14H16FNO/c1-13(2,15)9-11-5-3-4-6-12(11)14(7-8-14)16-10-17/h3-6H,7-9H2,1-2H3. The van der Waals surface area contributed by atoms with E-state index in [1.807, 2.05) is 24.3 Å². The van der Waals surface area contributed by atoms with Crippen LogP contribution in [0.25, 0.3) is 0 Å². The molecule has 2 nitrogen and oxygen atoms in total. The van der Waals surface area contributed by atoms with Crippen LogP contribution >= 0.6 is 0 Å². The number of alkyl halides is 1. The van der Waals surface area contributed by atoms with Crippen molar-refractivity contribution in [3.8, 4) is 0 Å². The van der Waals surface area contributed by atoms with Gasteiger partial charge in [-0.2, -0.15) is 4.99 Å². The molecule has 0 amide bonds. The average molecular weight is 233 g/mol. The van der Waals surface area contributed by atoms with Crippen molar-refractivity contribution in [3.63, 3.8) is 0 Å². The lowest BCUT2D eigenvalue weighted by Crippen LogP contribution is -2.18. The van der Waals surface area contributed by atoms with Gasteiger partial charge < -0.3 is 0 Å². The van der Waals surface area contributed by atoms with Crippen LogP contribution in [-0.2, 0) is 16.8 Å². The maximum Gasteiger partial charge on any atom is 0.235 e. The van der Waals surface area contributed by atoms with Crippen molar-refractivity contribution in [2.75, 3.05) is 0 Å². The van der Waals surface area contributed by atoms with Gasteiger partial charge in [-0.05, 0) is 37.8 Å². The number of halogens is 1. The highest BCUT2D eigenvalue weighted by Gasteiger charge is 2.46. The van der Waals surface area contributed by atoms with E-state index in [0.717, 1.165) is 24.0 Å². The van der Waals surface area contributed by atoms with Crippen molar-refractivity contribution in [1.82, 2.24) is 0 Å². The fraction of sp³-hybridized carbons (Fsp3) is 0.500. The van der Waals surface area contributed by atoms with E-state index in [-0.39, 0.29) is 0 Å². The Morgan fingerprint density at radius 1 is 1.41 bits per heavy atom. The Bertz CT molecular complexity index is 465. The van der Waals surface area contributed by atoms with E-state index in [1.165, 1.54) is 0 Å². The SMILES string of the molecule is CC(C)(F)Cc1ccccc1C1(N=C=O)CC1. The summed E-state index contributed by atoms with van der Waals surface area (Å²) in [6, 6.07) is 7.65. The number of rotatable bonds is 4. The Labute approximate surface area is 101 Å². The summed E-state index contributed by atoms with van der Waals surface area (Å²) in [5.74, 6) is 0. The zero-order valence-electron chi connectivity index (χ0n) is 10.2. The van der Waals surface area contributed by atoms with E-state index in [9.17, 15) is 9.18 Å². The zero-order valence-corrected chi connectivity index (χ0v) is 10.2. The van der Waals surface area contributed by atoms with Crippen molar-refractivity contribution in [2.24, 2.45) is 4.99 Å². The van der Waals surface area contributed by atoms with Crippen LogP contribution < -0.4 is 0 Å². The topological polar surface area (TPSA) is 29.4 Å². The smallest absolute Gasteiger partial charge is 0.235 e. The first-order valence-corrected chi connectivity index (χ1v) is 5.83. The fourth-order valence-corrected chi connectivity index (χ4v) is 2.23. The first kappa shape index (κ1) is 12.0. The number of aliphatic imine (C=N–C) groups is 1. The lowest BCUT2D eigenvalue weighted by molar-refractivity contribution is 0.216. The lowest BCUT2D eigenvalue weighted by atomic mass is 9.91. The van der Waals surface area contributed by atoms with Gasteiger partial charge in [0.1, 0.15) is 5.67 Å². The Morgan fingerprint density at radius 3 is 2.59 bits per heavy atom. The first-order valence-electron chi connectivity index (χ1n) is 5.83. The highest BCUT2D eigenvalue weighted by Crippen LogP contribution is 2.50. The molecule has 1 aromatic rings. The molecule has 2 rings (SSSR count). The predicted octanol–water partition coefficient (Wildman–Crippen LogP) is 3.30. The summed E-state index contributed by atoms with van der Waals surface area (Å²) in [5.41, 5.74) is 0.256. The fourth-order valence-electron chi connectivity index (χ4n) is 2.23. The molecule has 0 bridgehead atoms. The number of benzene rings is 1. The van der Waals surface area contributed by atoms with Gasteiger partial charge in [-0.15, -0.1) is 0 Å². The molecule has 17 heavy (non-hydrogen) atoms. The van der Waals surface area contributed by atoms with Crippen molar-refractivity contribution in [3.05, 3.63) is 35.4 Å². The van der Waals surface area contributed by atoms with Crippen LogP contribution in [-0.4, -0.2) is 11.7 Å². The minimum Gasteiger partial charge on any atom is -0.244 e. The zero-order chi connectivity index (χ0) is 12.5. The largest absolute Gasteiger partial charge is 0.244 e. The molecular formula is C14H16FNO. The summed E-state index contributed by atoms with van der Waals surface area (Å²) >= 11 is 0. The highest BCUT2D eigenvalue weighted by molar-refractivity contribution is 5.44. The molecule has 3 heteroatoms. The molecule has 1 aliphatic carbocycles. The summed E-state index contributed by atoms with van der Waals surface area (Å²) in [6.45, 7) is 3.12. The average Bonchev–Trinajstić information content (AvgIpc) is 2.98. The number of hydrogen-bond donors (Lipinski definition) is 0. The summed E-state index contributed by atoms with van der Waals surface area (Å²) in [7, 11) is 0. The molecule has 0 aromatic heterocycles. The third-order valence-corrected chi connectivity index (χ3v) is 3.11. The molecule has 0 aliphatic heterocycles. The Balaban J connectivity index is 2.38. The Morgan fingerprint density at radius 2 is 2.06 bits per heavy atom. The third kappa shape index (κ3) is 2.62. The molecule has 90 valence electrons. The molecule has 0 atom stereocenters. The quantitative estimate of drug-likeness (QED) is 0.579. The van der Waals surface area contributed by atoms with E-state index >= 15 is 0 Å². The second kappa shape index (κ2) is 4.08. The van der Waals surface area contributed by atoms with Crippen LogP contribution in [0, 0.1) is 0 Å². The maximum atomic E-state index is 13.7. The third-order valence-electron chi connectivity index (χ3n) is 3.11. The van der Waals surface area contributed by atoms with E-state index in [1.54, 1.807) is 19.9 Å². The van der Waals surface area contributed by atoms with Gasteiger partial charge in [0.05, 0.1) is 5.54 Å². The molecule has 0 N–H and O–H groups in total. The monoisotopic (exact) mass is 233 g/mol. The summed E-state index contributed by atoms with van der Waals surface area (Å²) in [6.07, 6.45) is 3.69. The molecule has 0 spiro atoms. The summed E-state index contributed by atoms with van der Waals surface area (Å²) < 4.78 is 13.7. The molecule has 0 radical (unpaired) electrons. The van der Waals surface area contributed by atoms with Gasteiger partial charge in [0, 0.05) is 6.42 Å². The van der Waals surface area contributed by atoms with Crippen LogP contribution in [0.2, 0.25) is 0 Å². The molecular weight excluding hydrogens is 217 g/mol. The lowest BCUT2D eigenvalue weighted by Gasteiger charge is -2.19. The number of carbonyl (C=O) groups excluding carboxylic acids is 1. The maximum absolute atomic E-state index is 13.7. The molecule has 1 aromatic carbocycles. The summed E-state index contributed by atoms with van der Waals surface area (Å²) in [4.78, 5) is 14.4. The normalized spacial score (nSPS) is 17.4. The van der Waals surface area contributed by atoms with Gasteiger partial charge in [0.15, 0.2) is 0 Å². The van der Waals surface area contributed by atoms with Gasteiger partial charge in [-0.1, -0.05) is 24.3 Å². The van der Waals surface area contributed by atoms with Gasteiger partial charge in [-0.25, -0.2) is 9.18 Å². The molecule has 0 unspecified atom stereocenters. The molecule has 1 aliphatic rings. The first-order chi connectivity index (χ1) is 7.97. The van der Waals surface area contributed by atoms with Crippen molar-refractivity contribution < 1.29 is 9.18 Å². The number of isocyanates is 1. The second-order valence-electron chi connectivity index (χ2n) is 5.29. The van der Waals surface area contributed by atoms with Crippen LogP contribution in [0.4, 0.5) is 4.39 Å². The van der Waals surface area contributed by atoms with Crippen molar-refractivity contribution >= 4 is 6.08 Å². The minimum atomic E-state index is -1.25. The summed E-state index contributed by atoms with van der Waals surface area (Å²) in [5, 5.41) is 0. The number of nitrogens with zero attached hydrogens (tertiary/aromatic N) is 1. The molecule has 0 heterocycles. The van der Waals surface area contributed by atoms with E-state index in [0.29, 0.717) is 6.42 Å². The molecule has 0 saturated heterocycles. The van der Waals surface area contributed by atoms with E-state index in [4.69, 9.17) is 0 Å². The van der Waals surface area contributed by atoms with Crippen molar-refractivity contribution in [1.29, 1.82) is 0 Å². The van der Waals surface area contributed by atoms with E-state index < -0.39 is 11.2 Å². The minimum absolute atomic E-state index is 0.347. The van der Waals surface area contributed by atoms with Crippen LogP contribution in [0.15, 0.2) is 29.3 Å². The second-order valence-corrected chi connectivity index (χ2v) is 5.29. The van der Waals surface area contributed by atoms with Gasteiger partial charge >= 0.3 is 0 Å². The van der Waals surface area contributed by atoms with Crippen LogP contribution in [0.5, 0.6) is 0 Å². The molecule has 1 saturated carbocycles. The van der Waals surface area contributed by atoms with Crippen LogP contribution in [0.1, 0.15) is 37.8 Å². The van der Waals surface area contributed by atoms with Gasteiger partial charge in [0.25, 0.3) is 0 Å². The predicted molar refractivity (Wildman–Crippen MR) is 64.4 cm³/mol. The van der Waals surface area contributed by atoms with Gasteiger partial charge in [0.2, 0.25) is 6.08 Å². The van der Waals surface area contributed by atoms with E-state index in [2.05, 4.69) is 4.99 Å². The Kier molecular flexibility index (Phi) is 2.88. The van der Waals surface area contributed by atoms with Crippen LogP contribution in [0.3, 0.4) is 0 Å². The molecule has 1 fully saturated rings. The number of hydrogen-bond acceptors (Lipinski definition) is 2.